The topological polar surface area (TPSA) is 81.2 Å². The van der Waals surface area contributed by atoms with Crippen LogP contribution in [0.15, 0.2) is 104 Å². The quantitative estimate of drug-likeness (QED) is 0.221. The monoisotopic (exact) mass is 683 g/mol. The first-order valence-electron chi connectivity index (χ1n) is 16.5. The Morgan fingerprint density at radius 3 is 2.29 bits per heavy atom. The van der Waals surface area contributed by atoms with Crippen LogP contribution in [0, 0.1) is 18.8 Å². The van der Waals surface area contributed by atoms with Crippen LogP contribution >= 0.6 is 23.4 Å². The number of nitrogens with zero attached hydrogens (tertiary/aromatic N) is 3. The first kappa shape index (κ1) is 34.0. The van der Waals surface area contributed by atoms with Crippen LogP contribution in [0.4, 0.5) is 5.69 Å². The lowest BCUT2D eigenvalue weighted by atomic mass is 9.70. The van der Waals surface area contributed by atoms with Crippen molar-refractivity contribution in [1.29, 1.82) is 0 Å². The molecule has 250 valence electrons. The third-order valence-electron chi connectivity index (χ3n) is 10.1. The van der Waals surface area contributed by atoms with Gasteiger partial charge in [-0.25, -0.2) is 0 Å². The van der Waals surface area contributed by atoms with Crippen molar-refractivity contribution in [2.75, 3.05) is 24.6 Å². The Balaban J connectivity index is 1.44. The van der Waals surface area contributed by atoms with Gasteiger partial charge in [0.25, 0.3) is 5.91 Å². The molecule has 3 aromatic rings. The molecule has 7 nitrogen and oxygen atoms in total. The van der Waals surface area contributed by atoms with Crippen LogP contribution in [0.3, 0.4) is 0 Å². The minimum absolute atomic E-state index is 0.0993. The van der Waals surface area contributed by atoms with Gasteiger partial charge < -0.3 is 19.8 Å². The molecular formula is C39H42ClN3O4S. The number of aryl methyl sites for hydroxylation is 1. The van der Waals surface area contributed by atoms with Crippen molar-refractivity contribution in [3.63, 3.8) is 0 Å². The number of aliphatic hydroxyl groups is 1. The van der Waals surface area contributed by atoms with Gasteiger partial charge in [0.05, 0.1) is 39.9 Å². The maximum atomic E-state index is 15.2. The summed E-state index contributed by atoms with van der Waals surface area (Å²) in [5, 5.41) is 11.2. The molecule has 3 aliphatic heterocycles. The zero-order valence-electron chi connectivity index (χ0n) is 27.2. The molecule has 9 heteroatoms. The number of anilines is 1. The molecule has 6 rings (SSSR count). The highest BCUT2D eigenvalue weighted by Crippen LogP contribution is 2.67. The van der Waals surface area contributed by atoms with Gasteiger partial charge in [-0.05, 0) is 48.9 Å². The van der Waals surface area contributed by atoms with Crippen molar-refractivity contribution >= 4 is 46.8 Å². The highest BCUT2D eigenvalue weighted by molar-refractivity contribution is 8.02. The minimum atomic E-state index is -0.915. The van der Waals surface area contributed by atoms with Gasteiger partial charge in [0.2, 0.25) is 11.8 Å². The normalized spacial score (nSPS) is 24.6. The summed E-state index contributed by atoms with van der Waals surface area (Å²) in [6.45, 7) is 10.3. The smallest absolute Gasteiger partial charge is 0.251 e. The molecule has 3 fully saturated rings. The summed E-state index contributed by atoms with van der Waals surface area (Å²) in [7, 11) is 0. The number of hydrogen-bond acceptors (Lipinski definition) is 5. The van der Waals surface area contributed by atoms with Gasteiger partial charge in [-0.15, -0.1) is 24.9 Å². The van der Waals surface area contributed by atoms with Gasteiger partial charge in [0.15, 0.2) is 0 Å². The zero-order chi connectivity index (χ0) is 34.0. The van der Waals surface area contributed by atoms with E-state index in [1.165, 1.54) is 0 Å². The van der Waals surface area contributed by atoms with Crippen molar-refractivity contribution in [3.8, 4) is 0 Å². The highest BCUT2D eigenvalue weighted by atomic mass is 35.5. The Hall–Kier alpha value is -3.85. The second-order valence-corrected chi connectivity index (χ2v) is 15.0. The molecule has 0 radical (unpaired) electrons. The number of amides is 3. The second kappa shape index (κ2) is 14.3. The Kier molecular flexibility index (Phi) is 10.2. The second-order valence-electron chi connectivity index (χ2n) is 13.0. The molecule has 3 amide bonds. The lowest BCUT2D eigenvalue weighted by Gasteiger charge is -2.40. The van der Waals surface area contributed by atoms with Gasteiger partial charge in [0, 0.05) is 24.9 Å². The van der Waals surface area contributed by atoms with Crippen molar-refractivity contribution in [2.24, 2.45) is 11.8 Å². The fraction of sp³-hybridized carbons (Fsp3) is 0.359. The number of carbonyl (C=O) groups is 3. The number of fused-ring (bicyclic) bond motifs is 1. The summed E-state index contributed by atoms with van der Waals surface area (Å²) in [5.74, 6) is -1.94. The van der Waals surface area contributed by atoms with Gasteiger partial charge in [0.1, 0.15) is 6.04 Å². The van der Waals surface area contributed by atoms with Gasteiger partial charge in [-0.1, -0.05) is 96.5 Å². The molecule has 3 aromatic carbocycles. The number of benzene rings is 3. The fourth-order valence-electron chi connectivity index (χ4n) is 8.12. The van der Waals surface area contributed by atoms with Crippen molar-refractivity contribution < 1.29 is 19.5 Å². The first-order valence-corrected chi connectivity index (χ1v) is 17.8. The number of carbonyl (C=O) groups excluding carboxylic acids is 3. The summed E-state index contributed by atoms with van der Waals surface area (Å²) in [6, 6.07) is 23.4. The molecule has 48 heavy (non-hydrogen) atoms. The summed E-state index contributed by atoms with van der Waals surface area (Å²) in [6.07, 6.45) is 5.07. The molecule has 2 unspecified atom stereocenters. The number of aliphatic hydroxyl groups excluding tert-OH is 1. The molecule has 0 aliphatic carbocycles. The molecule has 3 heterocycles. The average molecular weight is 684 g/mol. The van der Waals surface area contributed by atoms with Crippen LogP contribution in [0.1, 0.15) is 29.5 Å². The fourth-order valence-corrected chi connectivity index (χ4v) is 10.6. The van der Waals surface area contributed by atoms with Crippen molar-refractivity contribution in [1.82, 2.24) is 9.80 Å². The molecule has 6 atom stereocenters. The molecule has 1 N–H and O–H groups in total. The van der Waals surface area contributed by atoms with E-state index in [1.54, 1.807) is 44.7 Å². The third kappa shape index (κ3) is 5.99. The highest BCUT2D eigenvalue weighted by Gasteiger charge is 2.74. The largest absolute Gasteiger partial charge is 0.394 e. The van der Waals surface area contributed by atoms with E-state index in [1.807, 2.05) is 79.7 Å². The van der Waals surface area contributed by atoms with E-state index in [0.717, 1.165) is 16.7 Å². The van der Waals surface area contributed by atoms with Crippen LogP contribution in [0.5, 0.6) is 0 Å². The maximum absolute atomic E-state index is 15.2. The number of rotatable bonds is 13. The van der Waals surface area contributed by atoms with Crippen LogP contribution in [0.2, 0.25) is 5.02 Å². The molecular weight excluding hydrogens is 642 g/mol. The molecule has 3 saturated heterocycles. The Morgan fingerprint density at radius 1 is 1.00 bits per heavy atom. The number of likely N-dealkylation sites (tertiary alicyclic amines) is 1. The van der Waals surface area contributed by atoms with Gasteiger partial charge >= 0.3 is 0 Å². The summed E-state index contributed by atoms with van der Waals surface area (Å²) < 4.78 is -0.843. The van der Waals surface area contributed by atoms with E-state index < -0.39 is 28.7 Å². The Bertz CT molecular complexity index is 1670. The van der Waals surface area contributed by atoms with E-state index in [2.05, 4.69) is 13.2 Å². The van der Waals surface area contributed by atoms with Crippen LogP contribution in [-0.2, 0) is 27.3 Å². The maximum Gasteiger partial charge on any atom is 0.251 e. The number of thioether (sulfide) groups is 1. The van der Waals surface area contributed by atoms with Crippen molar-refractivity contribution in [3.05, 3.63) is 126 Å². The standard InChI is InChI=1S/C39H42ClN3O4S/c1-4-21-41(24-28-16-10-7-11-17-28)36(45)32-31-19-20-39(48-31)33(32)37(46)43(29(25-44)23-27-14-8-6-9-15-27)35(39)38(47)42(22-5-2)34-26(3)13-12-18-30(34)40/h4-18,29,31-33,35,44H,1-2,19-25H2,3H3/t29-,31+,32-,33+,35?,39?/m1/s1. The number of halogens is 1. The van der Waals surface area contributed by atoms with Gasteiger partial charge in [-0.3, -0.25) is 14.4 Å². The predicted molar refractivity (Wildman–Crippen MR) is 193 cm³/mol. The van der Waals surface area contributed by atoms with E-state index in [-0.39, 0.29) is 36.1 Å². The number of hydrogen-bond donors (Lipinski definition) is 1. The average Bonchev–Trinajstić information content (AvgIpc) is 3.74. The van der Waals surface area contributed by atoms with E-state index in [0.29, 0.717) is 43.1 Å². The molecule has 0 saturated carbocycles. The molecule has 2 bridgehead atoms. The predicted octanol–water partition coefficient (Wildman–Crippen LogP) is 6.08. The lowest BCUT2D eigenvalue weighted by molar-refractivity contribution is -0.145. The van der Waals surface area contributed by atoms with E-state index in [4.69, 9.17) is 11.6 Å². The Labute approximate surface area is 292 Å². The van der Waals surface area contributed by atoms with Crippen LogP contribution in [0.25, 0.3) is 0 Å². The van der Waals surface area contributed by atoms with E-state index >= 15 is 4.79 Å². The molecule has 3 aliphatic rings. The minimum Gasteiger partial charge on any atom is -0.394 e. The lowest BCUT2D eigenvalue weighted by Crippen LogP contribution is -2.58. The SMILES string of the molecule is C=CCN(Cc1ccccc1)C(=O)[C@@H]1[C@@H]2CCC3(S2)C(C(=O)N(CC=C)c2c(C)cccc2Cl)N([C@@H](CO)Cc2ccccc2)C(=O)[C@H]13. The zero-order valence-corrected chi connectivity index (χ0v) is 28.8. The van der Waals surface area contributed by atoms with Gasteiger partial charge in [-0.2, -0.15) is 0 Å². The summed E-state index contributed by atoms with van der Waals surface area (Å²) in [4.78, 5) is 49.8. The van der Waals surface area contributed by atoms with Crippen LogP contribution in [-0.4, -0.2) is 74.4 Å². The Morgan fingerprint density at radius 2 is 1.67 bits per heavy atom. The molecule has 0 aromatic heterocycles. The summed E-state index contributed by atoms with van der Waals surface area (Å²) in [5.41, 5.74) is 3.33. The third-order valence-corrected chi connectivity index (χ3v) is 12.3. The number of para-hydroxylation sites is 1. The van der Waals surface area contributed by atoms with E-state index in [9.17, 15) is 14.7 Å². The summed E-state index contributed by atoms with van der Waals surface area (Å²) >= 11 is 8.37. The van der Waals surface area contributed by atoms with Crippen molar-refractivity contribution in [2.45, 2.75) is 54.8 Å². The molecule has 1 spiro atoms. The first-order chi connectivity index (χ1) is 23.2. The van der Waals surface area contributed by atoms with Crippen LogP contribution < -0.4 is 4.90 Å².